The molecule has 0 radical (unpaired) electrons. The lowest BCUT2D eigenvalue weighted by molar-refractivity contribution is -0.139. The minimum absolute atomic E-state index is 0.268. The van der Waals surface area contributed by atoms with Crippen molar-refractivity contribution in [2.45, 2.75) is 20.8 Å². The SMILES string of the molecule is CC(=O)OC=C(Cl)C1C(C(=O)O)C1(C)C. The van der Waals surface area contributed by atoms with Crippen LogP contribution < -0.4 is 0 Å². The van der Waals surface area contributed by atoms with Gasteiger partial charge in [-0.25, -0.2) is 0 Å². The van der Waals surface area contributed by atoms with E-state index >= 15 is 0 Å². The molecule has 84 valence electrons. The molecule has 1 fully saturated rings. The highest BCUT2D eigenvalue weighted by atomic mass is 35.5. The van der Waals surface area contributed by atoms with Gasteiger partial charge in [0.05, 0.1) is 11.0 Å². The third-order valence-corrected chi connectivity index (χ3v) is 3.05. The van der Waals surface area contributed by atoms with Crippen LogP contribution in [0, 0.1) is 17.3 Å². The Morgan fingerprint density at radius 2 is 1.93 bits per heavy atom. The molecule has 15 heavy (non-hydrogen) atoms. The molecule has 1 N–H and O–H groups in total. The summed E-state index contributed by atoms with van der Waals surface area (Å²) in [6, 6.07) is 0. The molecule has 0 aliphatic heterocycles. The molecule has 0 aromatic rings. The van der Waals surface area contributed by atoms with E-state index in [4.69, 9.17) is 16.7 Å². The summed E-state index contributed by atoms with van der Waals surface area (Å²) in [5, 5.41) is 9.17. The van der Waals surface area contributed by atoms with Gasteiger partial charge in [-0.15, -0.1) is 0 Å². The average Bonchev–Trinajstić information content (AvgIpc) is 2.65. The molecule has 1 aliphatic carbocycles. The van der Waals surface area contributed by atoms with Crippen LogP contribution in [-0.2, 0) is 14.3 Å². The molecular formula is C10H13ClO4. The van der Waals surface area contributed by atoms with Crippen LogP contribution in [-0.4, -0.2) is 17.0 Å². The fourth-order valence-electron chi connectivity index (χ4n) is 1.83. The Morgan fingerprint density at radius 3 is 2.27 bits per heavy atom. The number of hydrogen-bond donors (Lipinski definition) is 1. The number of carboxylic acid groups (broad SMARTS) is 1. The standard InChI is InChI=1S/C10H13ClO4/c1-5(12)15-4-6(11)7-8(9(13)14)10(7,2)3/h4,7-8H,1-3H3,(H,13,14). The monoisotopic (exact) mass is 232 g/mol. The van der Waals surface area contributed by atoms with Gasteiger partial charge in [0.2, 0.25) is 0 Å². The van der Waals surface area contributed by atoms with Crippen molar-refractivity contribution >= 4 is 23.5 Å². The summed E-state index contributed by atoms with van der Waals surface area (Å²) in [5.74, 6) is -2.12. The molecule has 0 aromatic heterocycles. The summed E-state index contributed by atoms with van der Waals surface area (Å²) in [4.78, 5) is 21.4. The normalized spacial score (nSPS) is 28.4. The number of carbonyl (C=O) groups is 2. The van der Waals surface area contributed by atoms with E-state index in [1.165, 1.54) is 6.92 Å². The summed E-state index contributed by atoms with van der Waals surface area (Å²) in [5.41, 5.74) is -0.375. The number of rotatable bonds is 3. The summed E-state index contributed by atoms with van der Waals surface area (Å²) >= 11 is 5.87. The van der Waals surface area contributed by atoms with E-state index in [0.29, 0.717) is 0 Å². The zero-order valence-corrected chi connectivity index (χ0v) is 9.54. The first-order chi connectivity index (χ1) is 6.78. The van der Waals surface area contributed by atoms with Crippen LogP contribution >= 0.6 is 11.6 Å². The van der Waals surface area contributed by atoms with Gasteiger partial charge in [0, 0.05) is 12.8 Å². The van der Waals surface area contributed by atoms with E-state index in [9.17, 15) is 9.59 Å². The maximum atomic E-state index is 10.8. The van der Waals surface area contributed by atoms with Crippen molar-refractivity contribution in [2.24, 2.45) is 17.3 Å². The van der Waals surface area contributed by atoms with Gasteiger partial charge in [0.15, 0.2) is 0 Å². The Labute approximate surface area is 92.9 Å². The van der Waals surface area contributed by atoms with Crippen molar-refractivity contribution in [1.82, 2.24) is 0 Å². The number of halogens is 1. The van der Waals surface area contributed by atoms with Gasteiger partial charge in [-0.2, -0.15) is 0 Å². The van der Waals surface area contributed by atoms with Crippen molar-refractivity contribution in [2.75, 3.05) is 0 Å². The molecule has 1 aliphatic rings. The lowest BCUT2D eigenvalue weighted by atomic mass is 10.1. The van der Waals surface area contributed by atoms with Crippen molar-refractivity contribution in [1.29, 1.82) is 0 Å². The lowest BCUT2D eigenvalue weighted by Crippen LogP contribution is -2.03. The second-order valence-corrected chi connectivity index (χ2v) is 4.66. The van der Waals surface area contributed by atoms with Crippen molar-refractivity contribution in [3.05, 3.63) is 11.3 Å². The molecule has 4 nitrogen and oxygen atoms in total. The van der Waals surface area contributed by atoms with Crippen LogP contribution in [0.2, 0.25) is 0 Å². The quantitative estimate of drug-likeness (QED) is 0.597. The number of aliphatic carboxylic acids is 1. The van der Waals surface area contributed by atoms with Gasteiger partial charge < -0.3 is 9.84 Å². The molecule has 0 bridgehead atoms. The van der Waals surface area contributed by atoms with Gasteiger partial charge in [-0.05, 0) is 5.41 Å². The number of esters is 1. The predicted molar refractivity (Wildman–Crippen MR) is 54.1 cm³/mol. The van der Waals surface area contributed by atoms with E-state index < -0.39 is 17.9 Å². The van der Waals surface area contributed by atoms with Crippen LogP contribution in [0.25, 0.3) is 0 Å². The molecule has 0 aromatic carbocycles. The van der Waals surface area contributed by atoms with Crippen LogP contribution in [0.4, 0.5) is 0 Å². The largest absolute Gasteiger partial charge is 0.481 e. The van der Waals surface area contributed by atoms with Crippen molar-refractivity contribution in [3.8, 4) is 0 Å². The molecule has 2 atom stereocenters. The second-order valence-electron chi connectivity index (χ2n) is 4.23. The highest BCUT2D eigenvalue weighted by molar-refractivity contribution is 6.30. The molecule has 0 saturated heterocycles. The van der Waals surface area contributed by atoms with Gasteiger partial charge in [-0.3, -0.25) is 9.59 Å². The molecule has 0 spiro atoms. The summed E-state index contributed by atoms with van der Waals surface area (Å²) in [6.45, 7) is 4.90. The molecule has 5 heteroatoms. The van der Waals surface area contributed by atoms with E-state index in [2.05, 4.69) is 4.74 Å². The van der Waals surface area contributed by atoms with Crippen LogP contribution in [0.5, 0.6) is 0 Å². The second kappa shape index (κ2) is 3.85. The zero-order valence-electron chi connectivity index (χ0n) is 8.78. The topological polar surface area (TPSA) is 63.6 Å². The number of ether oxygens (including phenoxy) is 1. The van der Waals surface area contributed by atoms with Crippen LogP contribution in [0.1, 0.15) is 20.8 Å². The van der Waals surface area contributed by atoms with Gasteiger partial charge in [0.25, 0.3) is 0 Å². The van der Waals surface area contributed by atoms with Gasteiger partial charge in [-0.1, -0.05) is 25.4 Å². The van der Waals surface area contributed by atoms with E-state index in [1.54, 1.807) is 0 Å². The van der Waals surface area contributed by atoms with Crippen LogP contribution in [0.3, 0.4) is 0 Å². The van der Waals surface area contributed by atoms with Crippen molar-refractivity contribution < 1.29 is 19.4 Å². The lowest BCUT2D eigenvalue weighted by Gasteiger charge is -2.00. The fourth-order valence-corrected chi connectivity index (χ4v) is 2.28. The molecular weight excluding hydrogens is 220 g/mol. The third kappa shape index (κ3) is 2.31. The Bertz CT molecular complexity index is 332. The zero-order chi connectivity index (χ0) is 11.8. The third-order valence-electron chi connectivity index (χ3n) is 2.73. The minimum atomic E-state index is -0.876. The highest BCUT2D eigenvalue weighted by Gasteiger charge is 2.63. The Balaban J connectivity index is 2.71. The maximum absolute atomic E-state index is 10.8. The molecule has 1 rings (SSSR count). The molecule has 2 unspecified atom stereocenters. The molecule has 1 saturated carbocycles. The van der Waals surface area contributed by atoms with Gasteiger partial charge >= 0.3 is 11.9 Å². The molecule has 0 heterocycles. The first-order valence-electron chi connectivity index (χ1n) is 4.54. The minimum Gasteiger partial charge on any atom is -0.481 e. The Kier molecular flexibility index (Phi) is 3.09. The van der Waals surface area contributed by atoms with Crippen molar-refractivity contribution in [3.63, 3.8) is 0 Å². The maximum Gasteiger partial charge on any atom is 0.307 e. The summed E-state index contributed by atoms with van der Waals surface area (Å²) in [7, 11) is 0. The number of allylic oxidation sites excluding steroid dienone is 1. The smallest absolute Gasteiger partial charge is 0.307 e. The predicted octanol–water partition coefficient (Wildman–Crippen LogP) is 1.99. The number of hydrogen-bond acceptors (Lipinski definition) is 3. The van der Waals surface area contributed by atoms with E-state index in [1.807, 2.05) is 13.8 Å². The summed E-state index contributed by atoms with van der Waals surface area (Å²) in [6.07, 6.45) is 1.12. The Hall–Kier alpha value is -1.03. The number of carbonyl (C=O) groups excluding carboxylic acids is 1. The highest BCUT2D eigenvalue weighted by Crippen LogP contribution is 2.62. The first-order valence-corrected chi connectivity index (χ1v) is 4.92. The van der Waals surface area contributed by atoms with E-state index in [0.717, 1.165) is 6.26 Å². The average molecular weight is 233 g/mol. The molecule has 0 amide bonds. The van der Waals surface area contributed by atoms with E-state index in [-0.39, 0.29) is 16.4 Å². The van der Waals surface area contributed by atoms with Gasteiger partial charge in [0.1, 0.15) is 6.26 Å². The Morgan fingerprint density at radius 1 is 1.40 bits per heavy atom. The first kappa shape index (κ1) is 12.0. The number of carboxylic acids is 1. The fraction of sp³-hybridized carbons (Fsp3) is 0.600. The summed E-state index contributed by atoms with van der Waals surface area (Å²) < 4.78 is 4.60. The van der Waals surface area contributed by atoms with Crippen LogP contribution in [0.15, 0.2) is 11.3 Å².